The number of halogens is 3. The van der Waals surface area contributed by atoms with Gasteiger partial charge in [0.2, 0.25) is 0 Å². The Bertz CT molecular complexity index is 782. The number of hydrogen-bond donors (Lipinski definition) is 1. The van der Waals surface area contributed by atoms with Crippen LogP contribution in [0.15, 0.2) is 51.4 Å². The molecule has 0 radical (unpaired) electrons. The summed E-state index contributed by atoms with van der Waals surface area (Å²) >= 11 is 9.53. The number of furan rings is 1. The van der Waals surface area contributed by atoms with Gasteiger partial charge in [0.1, 0.15) is 17.2 Å². The largest absolute Gasteiger partial charge is 0.459 e. The van der Waals surface area contributed by atoms with Crippen molar-refractivity contribution < 1.29 is 8.81 Å². The second-order valence-electron chi connectivity index (χ2n) is 4.76. The normalized spacial score (nSPS) is 12.8. The van der Waals surface area contributed by atoms with E-state index in [1.165, 1.54) is 12.1 Å². The minimum Gasteiger partial charge on any atom is -0.459 e. The van der Waals surface area contributed by atoms with Gasteiger partial charge in [-0.2, -0.15) is 0 Å². The molecule has 1 heterocycles. The van der Waals surface area contributed by atoms with E-state index in [2.05, 4.69) is 21.2 Å². The molecule has 0 amide bonds. The van der Waals surface area contributed by atoms with E-state index >= 15 is 0 Å². The molecular weight excluding hydrogens is 357 g/mol. The van der Waals surface area contributed by atoms with E-state index in [0.29, 0.717) is 16.4 Å². The topological polar surface area (TPSA) is 25.2 Å². The van der Waals surface area contributed by atoms with Crippen LogP contribution in [0.4, 0.5) is 4.39 Å². The Labute approximate surface area is 135 Å². The van der Waals surface area contributed by atoms with Gasteiger partial charge in [-0.3, -0.25) is 0 Å². The zero-order chi connectivity index (χ0) is 15.0. The summed E-state index contributed by atoms with van der Waals surface area (Å²) in [4.78, 5) is 0. The number of nitrogens with one attached hydrogen (secondary N) is 1. The van der Waals surface area contributed by atoms with Gasteiger partial charge in [0.25, 0.3) is 0 Å². The van der Waals surface area contributed by atoms with E-state index in [4.69, 9.17) is 16.0 Å². The smallest absolute Gasteiger partial charge is 0.134 e. The molecule has 3 aromatic rings. The first-order valence-corrected chi connectivity index (χ1v) is 7.56. The standard InChI is InChI=1S/C16H12BrClFNO/c1-20-16(10-4-11(17)8-12(18)5-10)15-7-9-6-13(19)2-3-14(9)21-15/h2-8,16,20H,1H3. The molecule has 0 fully saturated rings. The number of hydrogen-bond acceptors (Lipinski definition) is 2. The number of benzene rings is 2. The van der Waals surface area contributed by atoms with Crippen LogP contribution in [0.5, 0.6) is 0 Å². The third-order valence-corrected chi connectivity index (χ3v) is 3.96. The average Bonchev–Trinajstić information content (AvgIpc) is 2.81. The molecule has 2 nitrogen and oxygen atoms in total. The molecular formula is C16H12BrClFNO. The molecule has 5 heteroatoms. The average molecular weight is 369 g/mol. The maximum absolute atomic E-state index is 13.3. The number of fused-ring (bicyclic) bond motifs is 1. The summed E-state index contributed by atoms with van der Waals surface area (Å²) in [6.45, 7) is 0. The van der Waals surface area contributed by atoms with Gasteiger partial charge in [0.15, 0.2) is 0 Å². The predicted octanol–water partition coefficient (Wildman–Crippen LogP) is 5.30. The van der Waals surface area contributed by atoms with Crippen molar-refractivity contribution in [3.8, 4) is 0 Å². The Morgan fingerprint density at radius 1 is 1.19 bits per heavy atom. The van der Waals surface area contributed by atoms with Crippen LogP contribution in [-0.2, 0) is 0 Å². The van der Waals surface area contributed by atoms with Crippen LogP contribution in [0.25, 0.3) is 11.0 Å². The summed E-state index contributed by atoms with van der Waals surface area (Å²) in [5.74, 6) is 0.439. The van der Waals surface area contributed by atoms with Crippen molar-refractivity contribution in [1.29, 1.82) is 0 Å². The molecule has 108 valence electrons. The van der Waals surface area contributed by atoms with Crippen LogP contribution in [-0.4, -0.2) is 7.05 Å². The van der Waals surface area contributed by atoms with Crippen LogP contribution in [0.2, 0.25) is 5.02 Å². The van der Waals surface area contributed by atoms with E-state index in [9.17, 15) is 4.39 Å². The summed E-state index contributed by atoms with van der Waals surface area (Å²) in [5, 5.41) is 4.58. The van der Waals surface area contributed by atoms with Gasteiger partial charge >= 0.3 is 0 Å². The van der Waals surface area contributed by atoms with Gasteiger partial charge in [0.05, 0.1) is 6.04 Å². The fraction of sp³-hybridized carbons (Fsp3) is 0.125. The molecule has 1 N–H and O–H groups in total. The highest BCUT2D eigenvalue weighted by molar-refractivity contribution is 9.10. The highest BCUT2D eigenvalue weighted by atomic mass is 79.9. The quantitative estimate of drug-likeness (QED) is 0.679. The molecule has 0 aliphatic carbocycles. The lowest BCUT2D eigenvalue weighted by Gasteiger charge is -2.14. The Morgan fingerprint density at radius 2 is 2.00 bits per heavy atom. The molecule has 2 aromatic carbocycles. The van der Waals surface area contributed by atoms with Gasteiger partial charge < -0.3 is 9.73 Å². The summed E-state index contributed by atoms with van der Waals surface area (Å²) in [5.41, 5.74) is 1.63. The zero-order valence-electron chi connectivity index (χ0n) is 11.2. The van der Waals surface area contributed by atoms with Crippen molar-refractivity contribution >= 4 is 38.5 Å². The highest BCUT2D eigenvalue weighted by Crippen LogP contribution is 2.31. The summed E-state index contributed by atoms with van der Waals surface area (Å²) in [6.07, 6.45) is 0. The molecule has 0 saturated carbocycles. The van der Waals surface area contributed by atoms with Crippen LogP contribution in [0, 0.1) is 5.82 Å². The van der Waals surface area contributed by atoms with Gasteiger partial charge in [-0.1, -0.05) is 27.5 Å². The van der Waals surface area contributed by atoms with Crippen molar-refractivity contribution in [2.24, 2.45) is 0 Å². The second-order valence-corrected chi connectivity index (χ2v) is 6.11. The van der Waals surface area contributed by atoms with Gasteiger partial charge in [-0.25, -0.2) is 4.39 Å². The minimum atomic E-state index is -0.277. The fourth-order valence-electron chi connectivity index (χ4n) is 2.39. The first-order valence-electron chi connectivity index (χ1n) is 6.39. The molecule has 1 unspecified atom stereocenters. The van der Waals surface area contributed by atoms with Crippen molar-refractivity contribution in [2.75, 3.05) is 7.05 Å². The van der Waals surface area contributed by atoms with Crippen molar-refractivity contribution in [2.45, 2.75) is 6.04 Å². The van der Waals surface area contributed by atoms with Gasteiger partial charge in [-0.05, 0) is 55.1 Å². The van der Waals surface area contributed by atoms with E-state index in [1.807, 2.05) is 31.3 Å². The van der Waals surface area contributed by atoms with Gasteiger partial charge in [0, 0.05) is 14.9 Å². The van der Waals surface area contributed by atoms with E-state index in [0.717, 1.165) is 15.4 Å². The molecule has 0 aliphatic rings. The van der Waals surface area contributed by atoms with Crippen LogP contribution in [0.1, 0.15) is 17.4 Å². The van der Waals surface area contributed by atoms with Crippen LogP contribution < -0.4 is 5.32 Å². The lowest BCUT2D eigenvalue weighted by molar-refractivity contribution is 0.491. The minimum absolute atomic E-state index is 0.157. The van der Waals surface area contributed by atoms with Gasteiger partial charge in [-0.15, -0.1) is 0 Å². The summed E-state index contributed by atoms with van der Waals surface area (Å²) in [6, 6.07) is 11.8. The van der Waals surface area contributed by atoms with E-state index in [-0.39, 0.29) is 11.9 Å². The highest BCUT2D eigenvalue weighted by Gasteiger charge is 2.18. The lowest BCUT2D eigenvalue weighted by Crippen LogP contribution is -2.16. The molecule has 0 saturated heterocycles. The Balaban J connectivity index is 2.08. The summed E-state index contributed by atoms with van der Waals surface area (Å²) < 4.78 is 20.0. The van der Waals surface area contributed by atoms with Crippen molar-refractivity contribution in [1.82, 2.24) is 5.32 Å². The first kappa shape index (κ1) is 14.6. The maximum atomic E-state index is 13.3. The Kier molecular flexibility index (Phi) is 4.02. The van der Waals surface area contributed by atoms with E-state index in [1.54, 1.807) is 6.07 Å². The fourth-order valence-corrected chi connectivity index (χ4v) is 3.28. The second kappa shape index (κ2) is 5.79. The number of rotatable bonds is 3. The molecule has 21 heavy (non-hydrogen) atoms. The zero-order valence-corrected chi connectivity index (χ0v) is 13.5. The SMILES string of the molecule is CNC(c1cc(Cl)cc(Br)c1)c1cc2cc(F)ccc2o1. The Morgan fingerprint density at radius 3 is 2.71 bits per heavy atom. The third kappa shape index (κ3) is 2.98. The molecule has 0 spiro atoms. The lowest BCUT2D eigenvalue weighted by atomic mass is 10.0. The van der Waals surface area contributed by atoms with Crippen LogP contribution in [0.3, 0.4) is 0 Å². The van der Waals surface area contributed by atoms with Crippen LogP contribution >= 0.6 is 27.5 Å². The Hall–Kier alpha value is -1.36. The first-order chi connectivity index (χ1) is 10.1. The predicted molar refractivity (Wildman–Crippen MR) is 86.2 cm³/mol. The van der Waals surface area contributed by atoms with E-state index < -0.39 is 0 Å². The molecule has 0 aliphatic heterocycles. The molecule has 1 atom stereocenters. The molecule has 1 aromatic heterocycles. The van der Waals surface area contributed by atoms with Crippen molar-refractivity contribution in [3.05, 3.63) is 69.1 Å². The third-order valence-electron chi connectivity index (χ3n) is 3.29. The maximum Gasteiger partial charge on any atom is 0.134 e. The van der Waals surface area contributed by atoms with Crippen molar-refractivity contribution in [3.63, 3.8) is 0 Å². The summed E-state index contributed by atoms with van der Waals surface area (Å²) in [7, 11) is 1.84. The monoisotopic (exact) mass is 367 g/mol. The molecule has 0 bridgehead atoms. The molecule has 3 rings (SSSR count).